The molecule has 0 radical (unpaired) electrons. The van der Waals surface area contributed by atoms with Crippen molar-refractivity contribution in [2.75, 3.05) is 32.3 Å². The van der Waals surface area contributed by atoms with Crippen LogP contribution in [0.15, 0.2) is 24.3 Å². The van der Waals surface area contributed by atoms with E-state index in [1.165, 1.54) is 7.11 Å². The van der Waals surface area contributed by atoms with E-state index >= 15 is 0 Å². The summed E-state index contributed by atoms with van der Waals surface area (Å²) in [4.78, 5) is 11.1. The molecule has 0 spiro atoms. The molecule has 0 aliphatic carbocycles. The van der Waals surface area contributed by atoms with Gasteiger partial charge in [-0.15, -0.1) is 0 Å². The van der Waals surface area contributed by atoms with Crippen LogP contribution < -0.4 is 15.2 Å². The predicted octanol–water partition coefficient (Wildman–Crippen LogP) is 1.31. The predicted molar refractivity (Wildman–Crippen MR) is 75.8 cm³/mol. The maximum atomic E-state index is 11.1. The Bertz CT molecular complexity index is 400. The SMILES string of the molecule is COC(=O)C(N)CSCCOc1ccccc1OC. The van der Waals surface area contributed by atoms with Crippen LogP contribution in [-0.4, -0.2) is 44.3 Å². The molecule has 1 unspecified atom stereocenters. The highest BCUT2D eigenvalue weighted by atomic mass is 32.2. The number of methoxy groups -OCH3 is 2. The summed E-state index contributed by atoms with van der Waals surface area (Å²) in [5, 5.41) is 0. The maximum Gasteiger partial charge on any atom is 0.323 e. The highest BCUT2D eigenvalue weighted by Crippen LogP contribution is 2.25. The van der Waals surface area contributed by atoms with Crippen LogP contribution in [0, 0.1) is 0 Å². The summed E-state index contributed by atoms with van der Waals surface area (Å²) in [5.41, 5.74) is 5.61. The second kappa shape index (κ2) is 8.66. The van der Waals surface area contributed by atoms with Crippen LogP contribution in [0.25, 0.3) is 0 Å². The molecule has 0 aliphatic rings. The van der Waals surface area contributed by atoms with Crippen molar-refractivity contribution in [3.8, 4) is 11.5 Å². The second-order valence-electron chi connectivity index (χ2n) is 3.70. The van der Waals surface area contributed by atoms with Crippen molar-refractivity contribution >= 4 is 17.7 Å². The zero-order valence-corrected chi connectivity index (χ0v) is 11.9. The van der Waals surface area contributed by atoms with Gasteiger partial charge < -0.3 is 19.9 Å². The molecule has 0 amide bonds. The molecule has 0 heterocycles. The Kier molecular flexibility index (Phi) is 7.14. The summed E-state index contributed by atoms with van der Waals surface area (Å²) in [6.07, 6.45) is 0. The number of benzene rings is 1. The smallest absolute Gasteiger partial charge is 0.323 e. The molecule has 0 aromatic heterocycles. The van der Waals surface area contributed by atoms with Crippen molar-refractivity contribution in [2.45, 2.75) is 6.04 Å². The number of ether oxygens (including phenoxy) is 3. The third-order valence-electron chi connectivity index (χ3n) is 2.36. The molecule has 1 rings (SSSR count). The lowest BCUT2D eigenvalue weighted by molar-refractivity contribution is -0.141. The average Bonchev–Trinajstić information content (AvgIpc) is 2.46. The summed E-state index contributed by atoms with van der Waals surface area (Å²) in [6.45, 7) is 0.527. The fourth-order valence-corrected chi connectivity index (χ4v) is 2.14. The standard InChI is InChI=1S/C13H19NO4S/c1-16-11-5-3-4-6-12(11)18-7-8-19-9-10(14)13(15)17-2/h3-6,10H,7-9,14H2,1-2H3. The largest absolute Gasteiger partial charge is 0.493 e. The number of hydrogen-bond donors (Lipinski definition) is 1. The fraction of sp³-hybridized carbons (Fsp3) is 0.462. The van der Waals surface area contributed by atoms with Crippen molar-refractivity contribution in [2.24, 2.45) is 5.73 Å². The Hall–Kier alpha value is -1.40. The fourth-order valence-electron chi connectivity index (χ4n) is 1.38. The summed E-state index contributed by atoms with van der Waals surface area (Å²) in [6, 6.07) is 6.88. The minimum absolute atomic E-state index is 0.391. The lowest BCUT2D eigenvalue weighted by atomic mass is 10.3. The highest BCUT2D eigenvalue weighted by molar-refractivity contribution is 7.99. The number of para-hydroxylation sites is 2. The van der Waals surface area contributed by atoms with Crippen LogP contribution >= 0.6 is 11.8 Å². The number of esters is 1. The van der Waals surface area contributed by atoms with Gasteiger partial charge in [-0.25, -0.2) is 0 Å². The van der Waals surface area contributed by atoms with Crippen LogP contribution in [0.1, 0.15) is 0 Å². The third kappa shape index (κ3) is 5.40. The van der Waals surface area contributed by atoms with Gasteiger partial charge in [0.2, 0.25) is 0 Å². The molecule has 0 saturated carbocycles. The quantitative estimate of drug-likeness (QED) is 0.573. The van der Waals surface area contributed by atoms with Crippen molar-refractivity contribution in [3.63, 3.8) is 0 Å². The molecule has 2 N–H and O–H groups in total. The van der Waals surface area contributed by atoms with Gasteiger partial charge in [-0.2, -0.15) is 11.8 Å². The zero-order chi connectivity index (χ0) is 14.1. The molecule has 0 aliphatic heterocycles. The minimum atomic E-state index is -0.582. The topological polar surface area (TPSA) is 70.8 Å². The lowest BCUT2D eigenvalue weighted by Crippen LogP contribution is -2.34. The van der Waals surface area contributed by atoms with E-state index in [4.69, 9.17) is 15.2 Å². The molecule has 1 aromatic rings. The molecule has 106 valence electrons. The minimum Gasteiger partial charge on any atom is -0.493 e. The Labute approximate surface area is 117 Å². The Morgan fingerprint density at radius 3 is 2.63 bits per heavy atom. The molecule has 0 saturated heterocycles. The molecule has 5 nitrogen and oxygen atoms in total. The Morgan fingerprint density at radius 1 is 1.32 bits per heavy atom. The molecule has 6 heteroatoms. The van der Waals surface area contributed by atoms with Crippen molar-refractivity contribution in [1.29, 1.82) is 0 Å². The summed E-state index contributed by atoms with van der Waals surface area (Å²) >= 11 is 1.55. The van der Waals surface area contributed by atoms with Crippen molar-refractivity contribution in [1.82, 2.24) is 0 Å². The first-order chi connectivity index (χ1) is 9.19. The third-order valence-corrected chi connectivity index (χ3v) is 3.41. The van der Waals surface area contributed by atoms with E-state index in [9.17, 15) is 4.79 Å². The number of rotatable bonds is 8. The van der Waals surface area contributed by atoms with Crippen LogP contribution in [0.3, 0.4) is 0 Å². The normalized spacial score (nSPS) is 11.7. The van der Waals surface area contributed by atoms with E-state index in [1.807, 2.05) is 24.3 Å². The average molecular weight is 285 g/mol. The van der Waals surface area contributed by atoms with Crippen LogP contribution in [0.5, 0.6) is 11.5 Å². The molecule has 1 aromatic carbocycles. The lowest BCUT2D eigenvalue weighted by Gasteiger charge is -2.11. The summed E-state index contributed by atoms with van der Waals surface area (Å²) < 4.78 is 15.3. The van der Waals surface area contributed by atoms with Crippen molar-refractivity contribution in [3.05, 3.63) is 24.3 Å². The van der Waals surface area contributed by atoms with Gasteiger partial charge in [0.05, 0.1) is 20.8 Å². The molecular weight excluding hydrogens is 266 g/mol. The molecule has 1 atom stereocenters. The highest BCUT2D eigenvalue weighted by Gasteiger charge is 2.13. The Balaban J connectivity index is 2.22. The molecule has 0 bridgehead atoms. The monoisotopic (exact) mass is 285 g/mol. The number of carbonyl (C=O) groups is 1. The molecule has 0 fully saturated rings. The summed E-state index contributed by atoms with van der Waals surface area (Å²) in [5.74, 6) is 2.28. The van der Waals surface area contributed by atoms with Gasteiger partial charge in [-0.1, -0.05) is 12.1 Å². The van der Waals surface area contributed by atoms with Gasteiger partial charge in [0.15, 0.2) is 11.5 Å². The Morgan fingerprint density at radius 2 is 2.00 bits per heavy atom. The van der Waals surface area contributed by atoms with Gasteiger partial charge in [0, 0.05) is 11.5 Å². The first kappa shape index (κ1) is 15.7. The van der Waals surface area contributed by atoms with Gasteiger partial charge >= 0.3 is 5.97 Å². The number of hydrogen-bond acceptors (Lipinski definition) is 6. The van der Waals surface area contributed by atoms with Crippen molar-refractivity contribution < 1.29 is 19.0 Å². The van der Waals surface area contributed by atoms with E-state index in [1.54, 1.807) is 18.9 Å². The van der Waals surface area contributed by atoms with E-state index in [2.05, 4.69) is 4.74 Å². The molecular formula is C13H19NO4S. The number of thioether (sulfide) groups is 1. The van der Waals surface area contributed by atoms with Gasteiger partial charge in [-0.05, 0) is 12.1 Å². The summed E-state index contributed by atoms with van der Waals surface area (Å²) in [7, 11) is 2.93. The van der Waals surface area contributed by atoms with Gasteiger partial charge in [-0.3, -0.25) is 4.79 Å². The van der Waals surface area contributed by atoms with Gasteiger partial charge in [0.1, 0.15) is 6.04 Å². The van der Waals surface area contributed by atoms with Crippen LogP contribution in [0.4, 0.5) is 0 Å². The second-order valence-corrected chi connectivity index (χ2v) is 4.85. The first-order valence-corrected chi connectivity index (χ1v) is 7.01. The van der Waals surface area contributed by atoms with E-state index < -0.39 is 12.0 Å². The first-order valence-electron chi connectivity index (χ1n) is 5.86. The van der Waals surface area contributed by atoms with E-state index in [0.717, 1.165) is 5.75 Å². The molecule has 19 heavy (non-hydrogen) atoms. The van der Waals surface area contributed by atoms with Crippen LogP contribution in [-0.2, 0) is 9.53 Å². The van der Waals surface area contributed by atoms with Crippen LogP contribution in [0.2, 0.25) is 0 Å². The van der Waals surface area contributed by atoms with E-state index in [-0.39, 0.29) is 0 Å². The zero-order valence-electron chi connectivity index (χ0n) is 11.1. The van der Waals surface area contributed by atoms with Gasteiger partial charge in [0.25, 0.3) is 0 Å². The number of nitrogens with two attached hydrogens (primary N) is 1. The maximum absolute atomic E-state index is 11.1. The van der Waals surface area contributed by atoms with E-state index in [0.29, 0.717) is 23.9 Å². The number of carbonyl (C=O) groups excluding carboxylic acids is 1.